The molecule has 2 heteroatoms. The Kier molecular flexibility index (Phi) is 1.32. The van der Waals surface area contributed by atoms with Crippen molar-refractivity contribution in [1.29, 1.82) is 0 Å². The molecular weight excluding hydrogens is 122 g/mol. The highest BCUT2D eigenvalue weighted by molar-refractivity contribution is 7.41. The van der Waals surface area contributed by atoms with Crippen LogP contribution in [0.25, 0.3) is 0 Å². The van der Waals surface area contributed by atoms with Gasteiger partial charge >= 0.3 is 0 Å². The average molecular weight is 130 g/mol. The molecule has 0 bridgehead atoms. The van der Waals surface area contributed by atoms with Gasteiger partial charge in [-0.15, -0.1) is 18.5 Å². The summed E-state index contributed by atoms with van der Waals surface area (Å²) in [5.74, 6) is 0. The second kappa shape index (κ2) is 1.69. The Labute approximate surface area is 48.5 Å². The van der Waals surface area contributed by atoms with Crippen LogP contribution in [-0.2, 0) is 0 Å². The maximum Gasteiger partial charge on any atom is 0.0350 e. The number of hydrogen-bond donors (Lipinski definition) is 0. The predicted molar refractivity (Wildman–Crippen MR) is 40.4 cm³/mol. The zero-order chi connectivity index (χ0) is 5.33. The summed E-state index contributed by atoms with van der Waals surface area (Å²) in [4.78, 5) is 0.167. The van der Waals surface area contributed by atoms with Gasteiger partial charge in [-0.1, -0.05) is 24.3 Å². The van der Waals surface area contributed by atoms with Gasteiger partial charge < -0.3 is 0 Å². The average Bonchev–Trinajstić information content (AvgIpc) is 1.84. The van der Waals surface area contributed by atoms with Crippen LogP contribution in [0.4, 0.5) is 0 Å². The Hall–Kier alpha value is 0.340. The molecule has 2 atom stereocenters. The van der Waals surface area contributed by atoms with Crippen LogP contribution in [-0.4, -0.2) is 4.90 Å². The monoisotopic (exact) mass is 130 g/mol. The van der Waals surface area contributed by atoms with Gasteiger partial charge in [-0.3, -0.25) is 0 Å². The van der Waals surface area contributed by atoms with Gasteiger partial charge in [0.1, 0.15) is 0 Å². The lowest BCUT2D eigenvalue weighted by molar-refractivity contribution is 1.37. The van der Waals surface area contributed by atoms with Crippen LogP contribution in [0.3, 0.4) is 0 Å². The van der Waals surface area contributed by atoms with E-state index in [0.29, 0.717) is 0 Å². The van der Waals surface area contributed by atoms with E-state index in [2.05, 4.69) is 30.6 Å². The van der Waals surface area contributed by atoms with Crippen molar-refractivity contribution in [2.24, 2.45) is 0 Å². The Morgan fingerprint density at radius 1 is 1.00 bits per heavy atom. The van der Waals surface area contributed by atoms with Crippen LogP contribution in [0.5, 0.6) is 0 Å². The fourth-order valence-electron chi connectivity index (χ4n) is 0.500. The molecule has 0 saturated carbocycles. The highest BCUT2D eigenvalue weighted by Gasteiger charge is 2.10. The molecule has 0 aromatic carbocycles. The van der Waals surface area contributed by atoms with Crippen LogP contribution in [0.1, 0.15) is 0 Å². The molecule has 7 heavy (non-hydrogen) atoms. The lowest BCUT2D eigenvalue weighted by atomic mass is 10.5. The summed E-state index contributed by atoms with van der Waals surface area (Å²) < 4.78 is 0. The Morgan fingerprint density at radius 3 is 1.57 bits per heavy atom. The van der Waals surface area contributed by atoms with Crippen molar-refractivity contribution in [3.8, 4) is 0 Å². The summed E-state index contributed by atoms with van der Waals surface area (Å²) in [7, 11) is 5.44. The molecule has 1 aliphatic carbocycles. The molecule has 0 aliphatic heterocycles. The van der Waals surface area contributed by atoms with Gasteiger partial charge in [-0.25, -0.2) is 0 Å². The minimum Gasteiger partial charge on any atom is -0.119 e. The van der Waals surface area contributed by atoms with Crippen LogP contribution in [0.15, 0.2) is 24.3 Å². The van der Waals surface area contributed by atoms with Gasteiger partial charge in [0.05, 0.1) is 0 Å². The normalized spacial score (nSPS) is 23.7. The first kappa shape index (κ1) is 5.48. The van der Waals surface area contributed by atoms with Crippen molar-refractivity contribution >= 4 is 18.5 Å². The van der Waals surface area contributed by atoms with Crippen LogP contribution in [0.2, 0.25) is 0 Å². The van der Waals surface area contributed by atoms with E-state index in [1.165, 1.54) is 0 Å². The van der Waals surface area contributed by atoms with E-state index in [4.69, 9.17) is 0 Å². The summed E-state index contributed by atoms with van der Waals surface area (Å²) in [6.07, 6.45) is 8.31. The van der Waals surface area contributed by atoms with Gasteiger partial charge in [0.15, 0.2) is 0 Å². The van der Waals surface area contributed by atoms with Crippen LogP contribution < -0.4 is 0 Å². The van der Waals surface area contributed by atoms with Crippen molar-refractivity contribution < 1.29 is 0 Å². The minimum absolute atomic E-state index is 0.167. The predicted octanol–water partition coefficient (Wildman–Crippen LogP) is 1.56. The van der Waals surface area contributed by atoms with Crippen molar-refractivity contribution in [2.75, 3.05) is 0 Å². The van der Waals surface area contributed by atoms with Crippen molar-refractivity contribution in [1.82, 2.24) is 0 Å². The summed E-state index contributed by atoms with van der Waals surface area (Å²) in [6.45, 7) is 0. The molecule has 0 aromatic heterocycles. The highest BCUT2D eigenvalue weighted by Crippen LogP contribution is 2.32. The number of allylic oxidation sites excluding steroid dienone is 4. The molecular formula is C5H8P2. The second-order valence-electron chi connectivity index (χ2n) is 1.72. The molecule has 0 N–H and O–H groups in total. The lowest BCUT2D eigenvalue weighted by Crippen LogP contribution is -1.95. The first-order valence-corrected chi connectivity index (χ1v) is 3.31. The second-order valence-corrected chi connectivity index (χ2v) is 4.38. The fraction of sp³-hybridized carbons (Fsp3) is 0.200. The molecule has 38 valence electrons. The summed E-state index contributed by atoms with van der Waals surface area (Å²) >= 11 is 0. The maximum atomic E-state index is 2.72. The molecule has 0 radical (unpaired) electrons. The molecule has 0 amide bonds. The molecule has 1 rings (SSSR count). The Balaban J connectivity index is 2.77. The standard InChI is InChI=1S/C5H8P2/c6-5(7)3-1-2-4-5/h1-4H,6-7H2. The smallest absolute Gasteiger partial charge is 0.0350 e. The third-order valence-electron chi connectivity index (χ3n) is 0.881. The highest BCUT2D eigenvalue weighted by atomic mass is 31.1. The first-order valence-electron chi connectivity index (χ1n) is 2.15. The minimum atomic E-state index is 0.167. The number of hydrogen-bond acceptors (Lipinski definition) is 0. The summed E-state index contributed by atoms with van der Waals surface area (Å²) in [6, 6.07) is 0. The molecule has 0 aromatic rings. The summed E-state index contributed by atoms with van der Waals surface area (Å²) in [5, 5.41) is 0. The zero-order valence-electron chi connectivity index (χ0n) is 3.96. The molecule has 0 spiro atoms. The van der Waals surface area contributed by atoms with Crippen LogP contribution in [0, 0.1) is 0 Å². The first-order chi connectivity index (χ1) is 3.21. The van der Waals surface area contributed by atoms with E-state index in [0.717, 1.165) is 0 Å². The molecule has 2 unspecified atom stereocenters. The zero-order valence-corrected chi connectivity index (χ0v) is 6.27. The van der Waals surface area contributed by atoms with Gasteiger partial charge in [-0.05, 0) is 0 Å². The van der Waals surface area contributed by atoms with E-state index in [-0.39, 0.29) is 4.90 Å². The summed E-state index contributed by atoms with van der Waals surface area (Å²) in [5.41, 5.74) is 0. The van der Waals surface area contributed by atoms with Crippen LogP contribution >= 0.6 is 18.5 Å². The molecule has 0 fully saturated rings. The quantitative estimate of drug-likeness (QED) is 0.436. The van der Waals surface area contributed by atoms with Gasteiger partial charge in [0.2, 0.25) is 0 Å². The van der Waals surface area contributed by atoms with E-state index >= 15 is 0 Å². The molecule has 1 aliphatic rings. The van der Waals surface area contributed by atoms with Gasteiger partial charge in [0, 0.05) is 4.90 Å². The third-order valence-corrected chi connectivity index (χ3v) is 1.65. The van der Waals surface area contributed by atoms with Crippen molar-refractivity contribution in [2.45, 2.75) is 4.90 Å². The molecule has 0 heterocycles. The third kappa shape index (κ3) is 1.37. The van der Waals surface area contributed by atoms with E-state index in [1.807, 2.05) is 12.2 Å². The number of rotatable bonds is 0. The lowest BCUT2D eigenvalue weighted by Gasteiger charge is -2.07. The largest absolute Gasteiger partial charge is 0.119 e. The Morgan fingerprint density at radius 2 is 1.43 bits per heavy atom. The molecule has 0 saturated heterocycles. The van der Waals surface area contributed by atoms with E-state index in [1.54, 1.807) is 0 Å². The topological polar surface area (TPSA) is 0 Å². The fourth-order valence-corrected chi connectivity index (χ4v) is 0.944. The van der Waals surface area contributed by atoms with Crippen molar-refractivity contribution in [3.63, 3.8) is 0 Å². The maximum absolute atomic E-state index is 2.72. The van der Waals surface area contributed by atoms with Crippen molar-refractivity contribution in [3.05, 3.63) is 24.3 Å². The van der Waals surface area contributed by atoms with Gasteiger partial charge in [0.25, 0.3) is 0 Å². The molecule has 0 nitrogen and oxygen atoms in total. The van der Waals surface area contributed by atoms with Gasteiger partial charge in [-0.2, -0.15) is 0 Å². The van der Waals surface area contributed by atoms with E-state index in [9.17, 15) is 0 Å². The van der Waals surface area contributed by atoms with E-state index < -0.39 is 0 Å². The SMILES string of the molecule is PC1(P)C=CC=C1. The Bertz CT molecular complexity index is 108.